The summed E-state index contributed by atoms with van der Waals surface area (Å²) < 4.78 is 0. The van der Waals surface area contributed by atoms with Crippen molar-refractivity contribution >= 4 is 29.3 Å². The molecule has 6 heteroatoms. The van der Waals surface area contributed by atoms with E-state index in [-0.39, 0.29) is 0 Å². The number of aromatic nitrogens is 2. The Kier molecular flexibility index (Phi) is 4.19. The Morgan fingerprint density at radius 1 is 1.32 bits per heavy atom. The molecule has 19 heavy (non-hydrogen) atoms. The van der Waals surface area contributed by atoms with Gasteiger partial charge in [0.25, 0.3) is 0 Å². The van der Waals surface area contributed by atoms with Crippen molar-refractivity contribution in [2.24, 2.45) is 0 Å². The molecule has 1 N–H and O–H groups in total. The van der Waals surface area contributed by atoms with E-state index in [1.807, 2.05) is 23.5 Å². The van der Waals surface area contributed by atoms with Crippen LogP contribution in [-0.2, 0) is 11.5 Å². The van der Waals surface area contributed by atoms with E-state index >= 15 is 0 Å². The average Bonchev–Trinajstić information content (AvgIpc) is 2.88. The largest absolute Gasteiger partial charge is 0.370 e. The Morgan fingerprint density at radius 2 is 2.21 bits per heavy atom. The van der Waals surface area contributed by atoms with Gasteiger partial charge in [-0.25, -0.2) is 9.97 Å². The van der Waals surface area contributed by atoms with Crippen LogP contribution in [0.1, 0.15) is 30.0 Å². The van der Waals surface area contributed by atoms with Gasteiger partial charge in [-0.05, 0) is 14.0 Å². The first-order valence-corrected chi connectivity index (χ1v) is 9.09. The lowest BCUT2D eigenvalue weighted by Crippen LogP contribution is -2.34. The van der Waals surface area contributed by atoms with E-state index in [1.165, 1.54) is 17.0 Å². The van der Waals surface area contributed by atoms with Crippen LogP contribution in [0, 0.1) is 0 Å². The molecule has 0 saturated carbocycles. The lowest BCUT2D eigenvalue weighted by molar-refractivity contribution is 0.264. The minimum Gasteiger partial charge on any atom is -0.370 e. The predicted molar refractivity (Wildman–Crippen MR) is 83.9 cm³/mol. The summed E-state index contributed by atoms with van der Waals surface area (Å²) in [7, 11) is 2.18. The van der Waals surface area contributed by atoms with Gasteiger partial charge in [-0.15, -0.1) is 0 Å². The topological polar surface area (TPSA) is 41.1 Å². The molecule has 2 aliphatic heterocycles. The molecule has 1 atom stereocenters. The molecule has 3 rings (SSSR count). The van der Waals surface area contributed by atoms with Crippen LogP contribution in [0.3, 0.4) is 0 Å². The second-order valence-corrected chi connectivity index (χ2v) is 7.09. The summed E-state index contributed by atoms with van der Waals surface area (Å²) >= 11 is 3.94. The van der Waals surface area contributed by atoms with Crippen molar-refractivity contribution in [2.75, 3.05) is 37.0 Å². The Hall–Kier alpha value is -0.460. The summed E-state index contributed by atoms with van der Waals surface area (Å²) in [5, 5.41) is 3.41. The van der Waals surface area contributed by atoms with Crippen LogP contribution in [0.4, 0.5) is 5.82 Å². The Bertz CT molecular complexity index is 466. The molecule has 4 nitrogen and oxygen atoms in total. The fourth-order valence-corrected chi connectivity index (χ4v) is 4.74. The Labute approximate surface area is 123 Å². The highest BCUT2D eigenvalue weighted by Gasteiger charge is 2.27. The van der Waals surface area contributed by atoms with E-state index in [2.05, 4.69) is 24.2 Å². The maximum Gasteiger partial charge on any atom is 0.148 e. The fourth-order valence-electron chi connectivity index (χ4n) is 2.49. The second-order valence-electron chi connectivity index (χ2n) is 4.95. The van der Waals surface area contributed by atoms with E-state index in [9.17, 15) is 0 Å². The smallest absolute Gasteiger partial charge is 0.148 e. The van der Waals surface area contributed by atoms with Crippen molar-refractivity contribution in [1.29, 1.82) is 0 Å². The number of hydrogen-bond donors (Lipinski definition) is 1. The Balaban J connectivity index is 1.95. The van der Waals surface area contributed by atoms with Crippen molar-refractivity contribution < 1.29 is 0 Å². The van der Waals surface area contributed by atoms with Gasteiger partial charge in [-0.1, -0.05) is 0 Å². The van der Waals surface area contributed by atoms with Gasteiger partial charge in [-0.2, -0.15) is 23.5 Å². The highest BCUT2D eigenvalue weighted by atomic mass is 32.2. The number of nitrogens with zero attached hydrogens (tertiary/aromatic N) is 3. The molecule has 1 fully saturated rings. The van der Waals surface area contributed by atoms with Gasteiger partial charge in [0.2, 0.25) is 0 Å². The number of fused-ring (bicyclic) bond motifs is 1. The molecule has 0 bridgehead atoms. The summed E-state index contributed by atoms with van der Waals surface area (Å²) in [5.41, 5.74) is 2.57. The number of anilines is 1. The molecule has 0 aromatic carbocycles. The zero-order valence-corrected chi connectivity index (χ0v) is 13.1. The molecule has 0 amide bonds. The molecule has 3 heterocycles. The van der Waals surface area contributed by atoms with Gasteiger partial charge < -0.3 is 5.32 Å². The number of rotatable bonds is 3. The van der Waals surface area contributed by atoms with E-state index in [4.69, 9.17) is 9.97 Å². The first kappa shape index (κ1) is 13.5. The normalized spacial score (nSPS) is 23.4. The van der Waals surface area contributed by atoms with Gasteiger partial charge in [0.05, 0.1) is 11.7 Å². The lowest BCUT2D eigenvalue weighted by atomic mass is 10.2. The quantitative estimate of drug-likeness (QED) is 0.923. The van der Waals surface area contributed by atoms with E-state index in [1.54, 1.807) is 0 Å². The van der Waals surface area contributed by atoms with Crippen LogP contribution in [-0.4, -0.2) is 46.5 Å². The zero-order valence-electron chi connectivity index (χ0n) is 11.5. The second kappa shape index (κ2) is 5.89. The molecule has 104 valence electrons. The maximum atomic E-state index is 4.84. The average molecular weight is 296 g/mol. The monoisotopic (exact) mass is 296 g/mol. The van der Waals surface area contributed by atoms with Crippen LogP contribution < -0.4 is 5.32 Å². The molecule has 1 unspecified atom stereocenters. The van der Waals surface area contributed by atoms with Crippen LogP contribution in [0.5, 0.6) is 0 Å². The lowest BCUT2D eigenvalue weighted by Gasteiger charge is -2.31. The van der Waals surface area contributed by atoms with Crippen molar-refractivity contribution in [3.05, 3.63) is 17.1 Å². The number of hydrogen-bond acceptors (Lipinski definition) is 6. The summed E-state index contributed by atoms with van der Waals surface area (Å²) in [6.45, 7) is 4.17. The third-order valence-electron chi connectivity index (χ3n) is 3.63. The van der Waals surface area contributed by atoms with Gasteiger partial charge in [0.15, 0.2) is 0 Å². The number of thioether (sulfide) groups is 2. The summed E-state index contributed by atoms with van der Waals surface area (Å²) in [4.78, 5) is 12.0. The molecule has 1 saturated heterocycles. The minimum atomic E-state index is 0.368. The summed E-state index contributed by atoms with van der Waals surface area (Å²) in [5.74, 6) is 6.48. The third kappa shape index (κ3) is 2.71. The highest BCUT2D eigenvalue weighted by Crippen LogP contribution is 2.35. The van der Waals surface area contributed by atoms with Crippen molar-refractivity contribution in [3.8, 4) is 0 Å². The summed E-state index contributed by atoms with van der Waals surface area (Å²) in [6, 6.07) is 0.368. The predicted octanol–water partition coefficient (Wildman–Crippen LogP) is 2.37. The SMILES string of the molecule is CCNc1nc(C2CSCCN2C)nc2c1CSC2. The van der Waals surface area contributed by atoms with Gasteiger partial charge in [0, 0.05) is 41.7 Å². The standard InChI is InChI=1S/C13H20N4S2/c1-3-14-12-9-6-19-7-10(9)15-13(16-12)11-8-18-5-4-17(11)2/h11H,3-8H2,1-2H3,(H,14,15,16). The highest BCUT2D eigenvalue weighted by molar-refractivity contribution is 7.99. The zero-order chi connectivity index (χ0) is 13.2. The molecule has 1 aromatic heterocycles. The molecular formula is C13H20N4S2. The van der Waals surface area contributed by atoms with Crippen LogP contribution >= 0.6 is 23.5 Å². The van der Waals surface area contributed by atoms with Crippen molar-refractivity contribution in [3.63, 3.8) is 0 Å². The van der Waals surface area contributed by atoms with Crippen LogP contribution in [0.25, 0.3) is 0 Å². The summed E-state index contributed by atoms with van der Waals surface area (Å²) in [6.07, 6.45) is 0. The van der Waals surface area contributed by atoms with E-state index in [0.717, 1.165) is 42.0 Å². The van der Waals surface area contributed by atoms with E-state index in [0.29, 0.717) is 6.04 Å². The first-order chi connectivity index (χ1) is 9.29. The van der Waals surface area contributed by atoms with Crippen LogP contribution in [0.15, 0.2) is 0 Å². The van der Waals surface area contributed by atoms with Gasteiger partial charge in [-0.3, -0.25) is 4.90 Å². The number of nitrogens with one attached hydrogen (secondary N) is 1. The molecule has 2 aliphatic rings. The maximum absolute atomic E-state index is 4.84. The van der Waals surface area contributed by atoms with Crippen LogP contribution in [0.2, 0.25) is 0 Å². The molecule has 0 spiro atoms. The molecule has 1 aromatic rings. The fraction of sp³-hybridized carbons (Fsp3) is 0.692. The van der Waals surface area contributed by atoms with Crippen molar-refractivity contribution in [2.45, 2.75) is 24.5 Å². The van der Waals surface area contributed by atoms with Gasteiger partial charge >= 0.3 is 0 Å². The minimum absolute atomic E-state index is 0.368. The third-order valence-corrected chi connectivity index (χ3v) is 5.63. The van der Waals surface area contributed by atoms with E-state index < -0.39 is 0 Å². The Morgan fingerprint density at radius 3 is 3.00 bits per heavy atom. The molecular weight excluding hydrogens is 276 g/mol. The molecule has 0 aliphatic carbocycles. The molecule has 0 radical (unpaired) electrons. The van der Waals surface area contributed by atoms with Crippen molar-refractivity contribution in [1.82, 2.24) is 14.9 Å². The van der Waals surface area contributed by atoms with Gasteiger partial charge in [0.1, 0.15) is 11.6 Å². The first-order valence-electron chi connectivity index (χ1n) is 6.79.